The molecule has 0 rings (SSSR count). The number of aliphatic hydroxyl groups is 1. The first-order valence-electron chi connectivity index (χ1n) is 3.32. The van der Waals surface area contributed by atoms with Gasteiger partial charge < -0.3 is 9.84 Å². The van der Waals surface area contributed by atoms with Crippen LogP contribution in [0.5, 0.6) is 0 Å². The molecule has 0 spiro atoms. The topological polar surface area (TPSA) is 29.5 Å². The molecule has 0 aliphatic heterocycles. The van der Waals surface area contributed by atoms with E-state index in [0.717, 1.165) is 0 Å². The van der Waals surface area contributed by atoms with E-state index in [2.05, 4.69) is 13.8 Å². The van der Waals surface area contributed by atoms with Gasteiger partial charge in [0.25, 0.3) is 0 Å². The summed E-state index contributed by atoms with van der Waals surface area (Å²) in [5.41, 5.74) is 0. The predicted molar refractivity (Wildman–Crippen MR) is 37.3 cm³/mol. The van der Waals surface area contributed by atoms with Crippen LogP contribution >= 0.6 is 0 Å². The second kappa shape index (κ2) is 4.77. The van der Waals surface area contributed by atoms with Gasteiger partial charge in [-0.3, -0.25) is 0 Å². The van der Waals surface area contributed by atoms with Gasteiger partial charge in [0, 0.05) is 19.6 Å². The van der Waals surface area contributed by atoms with Gasteiger partial charge in [0.2, 0.25) is 0 Å². The summed E-state index contributed by atoms with van der Waals surface area (Å²) in [5.74, 6) is 0.810. The molecule has 0 amide bonds. The van der Waals surface area contributed by atoms with Gasteiger partial charge in [-0.15, -0.1) is 0 Å². The first-order chi connectivity index (χ1) is 4.22. The largest absolute Gasteiger partial charge is 0.396 e. The van der Waals surface area contributed by atoms with Crippen molar-refractivity contribution in [2.45, 2.75) is 13.8 Å². The zero-order chi connectivity index (χ0) is 7.28. The van der Waals surface area contributed by atoms with Gasteiger partial charge in [-0.2, -0.15) is 0 Å². The summed E-state index contributed by atoms with van der Waals surface area (Å²) in [7, 11) is 1.66. The lowest BCUT2D eigenvalue weighted by Crippen LogP contribution is -2.18. The maximum Gasteiger partial charge on any atom is 0.0514 e. The normalized spacial score (nSPS) is 14.3. The third kappa shape index (κ3) is 3.49. The molecule has 1 atom stereocenters. The van der Waals surface area contributed by atoms with Gasteiger partial charge in [0.15, 0.2) is 0 Å². The van der Waals surface area contributed by atoms with Crippen LogP contribution < -0.4 is 0 Å². The number of methoxy groups -OCH3 is 1. The molecular weight excluding hydrogens is 116 g/mol. The first-order valence-corrected chi connectivity index (χ1v) is 3.32. The predicted octanol–water partition coefficient (Wildman–Crippen LogP) is 0.897. The molecular formula is C7H16O2. The van der Waals surface area contributed by atoms with Crippen molar-refractivity contribution in [1.29, 1.82) is 0 Å². The number of hydrogen-bond acceptors (Lipinski definition) is 2. The summed E-state index contributed by atoms with van der Waals surface area (Å²) < 4.78 is 4.90. The van der Waals surface area contributed by atoms with Crippen LogP contribution in [0.25, 0.3) is 0 Å². The fourth-order valence-electron chi connectivity index (χ4n) is 0.670. The molecule has 1 N–H and O–H groups in total. The van der Waals surface area contributed by atoms with E-state index >= 15 is 0 Å². The second-order valence-electron chi connectivity index (χ2n) is 2.64. The highest BCUT2D eigenvalue weighted by molar-refractivity contribution is 4.59. The van der Waals surface area contributed by atoms with Gasteiger partial charge >= 0.3 is 0 Å². The third-order valence-corrected chi connectivity index (χ3v) is 1.56. The lowest BCUT2D eigenvalue weighted by atomic mass is 9.98. The van der Waals surface area contributed by atoms with E-state index in [-0.39, 0.29) is 6.61 Å². The number of rotatable bonds is 4. The van der Waals surface area contributed by atoms with Crippen LogP contribution in [0.15, 0.2) is 0 Å². The van der Waals surface area contributed by atoms with Crippen LogP contribution in [0.1, 0.15) is 13.8 Å². The Morgan fingerprint density at radius 1 is 1.44 bits per heavy atom. The van der Waals surface area contributed by atoms with Crippen molar-refractivity contribution < 1.29 is 9.84 Å². The number of hydrogen-bond donors (Lipinski definition) is 1. The summed E-state index contributed by atoms with van der Waals surface area (Å²) in [6.07, 6.45) is 0. The van der Waals surface area contributed by atoms with Gasteiger partial charge in [-0.05, 0) is 5.92 Å². The highest BCUT2D eigenvalue weighted by Crippen LogP contribution is 2.08. The fourth-order valence-corrected chi connectivity index (χ4v) is 0.670. The molecule has 0 fully saturated rings. The van der Waals surface area contributed by atoms with Gasteiger partial charge in [-0.25, -0.2) is 0 Å². The zero-order valence-electron chi connectivity index (χ0n) is 6.42. The van der Waals surface area contributed by atoms with E-state index in [4.69, 9.17) is 9.84 Å². The summed E-state index contributed by atoms with van der Waals surface area (Å²) in [5, 5.41) is 8.75. The Bertz CT molecular complexity index is 61.9. The van der Waals surface area contributed by atoms with Gasteiger partial charge in [0.05, 0.1) is 6.61 Å². The summed E-state index contributed by atoms with van der Waals surface area (Å²) in [6.45, 7) is 5.06. The van der Waals surface area contributed by atoms with Crippen LogP contribution in [0.2, 0.25) is 0 Å². The molecule has 0 heterocycles. The maximum absolute atomic E-state index is 8.75. The molecule has 0 unspecified atom stereocenters. The summed E-state index contributed by atoms with van der Waals surface area (Å²) in [6, 6.07) is 0. The molecule has 2 heteroatoms. The Kier molecular flexibility index (Phi) is 4.72. The fraction of sp³-hybridized carbons (Fsp3) is 1.00. The van der Waals surface area contributed by atoms with Crippen molar-refractivity contribution in [3.05, 3.63) is 0 Å². The van der Waals surface area contributed by atoms with E-state index in [0.29, 0.717) is 18.4 Å². The summed E-state index contributed by atoms with van der Waals surface area (Å²) in [4.78, 5) is 0. The molecule has 0 saturated heterocycles. The SMILES string of the molecule is COC[C@H](CO)C(C)C. The Balaban J connectivity index is 3.41. The molecule has 0 aromatic rings. The smallest absolute Gasteiger partial charge is 0.0514 e. The lowest BCUT2D eigenvalue weighted by molar-refractivity contribution is 0.0850. The van der Waals surface area contributed by atoms with E-state index in [1.54, 1.807) is 7.11 Å². The standard InChI is InChI=1S/C7H16O2/c1-6(2)7(4-8)5-9-3/h6-8H,4-5H2,1-3H3/t7-/m0/s1. The van der Waals surface area contributed by atoms with Gasteiger partial charge in [0.1, 0.15) is 0 Å². The van der Waals surface area contributed by atoms with Crippen molar-refractivity contribution in [3.63, 3.8) is 0 Å². The molecule has 56 valence electrons. The quantitative estimate of drug-likeness (QED) is 0.615. The number of aliphatic hydroxyl groups excluding tert-OH is 1. The second-order valence-corrected chi connectivity index (χ2v) is 2.64. The minimum atomic E-state index is 0.228. The molecule has 0 saturated carbocycles. The monoisotopic (exact) mass is 132 g/mol. The average Bonchev–Trinajstić information content (AvgIpc) is 1.82. The average molecular weight is 132 g/mol. The molecule has 0 aromatic carbocycles. The lowest BCUT2D eigenvalue weighted by Gasteiger charge is -2.15. The summed E-state index contributed by atoms with van der Waals surface area (Å²) >= 11 is 0. The Labute approximate surface area is 56.8 Å². The van der Waals surface area contributed by atoms with Crippen LogP contribution in [-0.2, 0) is 4.74 Å². The van der Waals surface area contributed by atoms with Crippen molar-refractivity contribution in [2.24, 2.45) is 11.8 Å². The van der Waals surface area contributed by atoms with Crippen LogP contribution in [0, 0.1) is 11.8 Å². The Hall–Kier alpha value is -0.0800. The zero-order valence-corrected chi connectivity index (χ0v) is 6.42. The Morgan fingerprint density at radius 2 is 2.00 bits per heavy atom. The van der Waals surface area contributed by atoms with Crippen molar-refractivity contribution in [1.82, 2.24) is 0 Å². The van der Waals surface area contributed by atoms with Crippen LogP contribution in [-0.4, -0.2) is 25.4 Å². The van der Waals surface area contributed by atoms with Crippen LogP contribution in [0.3, 0.4) is 0 Å². The highest BCUT2D eigenvalue weighted by Gasteiger charge is 2.10. The van der Waals surface area contributed by atoms with E-state index < -0.39 is 0 Å². The maximum atomic E-state index is 8.75. The van der Waals surface area contributed by atoms with Crippen molar-refractivity contribution in [3.8, 4) is 0 Å². The van der Waals surface area contributed by atoms with E-state index in [9.17, 15) is 0 Å². The third-order valence-electron chi connectivity index (χ3n) is 1.56. The molecule has 0 aliphatic rings. The molecule has 0 bridgehead atoms. The van der Waals surface area contributed by atoms with E-state index in [1.165, 1.54) is 0 Å². The van der Waals surface area contributed by atoms with Crippen molar-refractivity contribution >= 4 is 0 Å². The Morgan fingerprint density at radius 3 is 2.11 bits per heavy atom. The molecule has 2 nitrogen and oxygen atoms in total. The van der Waals surface area contributed by atoms with Crippen LogP contribution in [0.4, 0.5) is 0 Å². The molecule has 0 radical (unpaired) electrons. The molecule has 9 heavy (non-hydrogen) atoms. The number of ether oxygens (including phenoxy) is 1. The first kappa shape index (κ1) is 8.92. The van der Waals surface area contributed by atoms with E-state index in [1.807, 2.05) is 0 Å². The van der Waals surface area contributed by atoms with Gasteiger partial charge in [-0.1, -0.05) is 13.8 Å². The minimum Gasteiger partial charge on any atom is -0.396 e. The molecule has 0 aliphatic carbocycles. The molecule has 0 aromatic heterocycles. The highest BCUT2D eigenvalue weighted by atomic mass is 16.5. The minimum absolute atomic E-state index is 0.228. The van der Waals surface area contributed by atoms with Crippen molar-refractivity contribution in [2.75, 3.05) is 20.3 Å².